The van der Waals surface area contributed by atoms with Crippen LogP contribution < -0.4 is 4.90 Å². The molecule has 0 bridgehead atoms. The van der Waals surface area contributed by atoms with Gasteiger partial charge in [0.05, 0.1) is 10.8 Å². The second-order valence-electron chi connectivity index (χ2n) is 15.4. The van der Waals surface area contributed by atoms with Gasteiger partial charge in [0.15, 0.2) is 5.71 Å². The van der Waals surface area contributed by atoms with Crippen LogP contribution in [0.3, 0.4) is 0 Å². The highest BCUT2D eigenvalue weighted by Gasteiger charge is 2.51. The molecule has 0 fully saturated rings. The molecule has 7 aromatic carbocycles. The molecule has 0 aliphatic carbocycles. The molecule has 0 aromatic heterocycles. The van der Waals surface area contributed by atoms with E-state index >= 15 is 0 Å². The summed E-state index contributed by atoms with van der Waals surface area (Å²) in [6.07, 6.45) is 10.8. The number of fused-ring (bicyclic) bond motifs is 4. The van der Waals surface area contributed by atoms with Crippen molar-refractivity contribution in [3.63, 3.8) is 0 Å². The Kier molecular flexibility index (Phi) is 9.12. The van der Waals surface area contributed by atoms with E-state index < -0.39 is 0 Å². The minimum Gasteiger partial charge on any atom is -0.347 e. The third-order valence-corrected chi connectivity index (χ3v) is 12.1. The van der Waals surface area contributed by atoms with Crippen LogP contribution in [0.15, 0.2) is 206 Å². The first-order valence-electron chi connectivity index (χ1n) is 19.6. The quantitative estimate of drug-likeness (QED) is 0.128. The summed E-state index contributed by atoms with van der Waals surface area (Å²) >= 11 is 0. The summed E-state index contributed by atoms with van der Waals surface area (Å²) in [5.74, 6) is 0. The van der Waals surface area contributed by atoms with Crippen LogP contribution in [0, 0.1) is 0 Å². The summed E-state index contributed by atoms with van der Waals surface area (Å²) in [4.78, 5) is 2.44. The first-order valence-corrected chi connectivity index (χ1v) is 19.6. The van der Waals surface area contributed by atoms with Crippen LogP contribution in [0.25, 0.3) is 10.8 Å². The van der Waals surface area contributed by atoms with Gasteiger partial charge >= 0.3 is 0 Å². The number of hydrogen-bond acceptors (Lipinski definition) is 1. The van der Waals surface area contributed by atoms with E-state index in [2.05, 4.69) is 224 Å². The molecule has 2 heterocycles. The summed E-state index contributed by atoms with van der Waals surface area (Å²) < 4.78 is 2.49. The van der Waals surface area contributed by atoms with E-state index in [9.17, 15) is 0 Å². The minimum atomic E-state index is -0.290. The van der Waals surface area contributed by atoms with Crippen molar-refractivity contribution in [3.8, 4) is 0 Å². The van der Waals surface area contributed by atoms with Crippen LogP contribution >= 0.6 is 0 Å². The largest absolute Gasteiger partial charge is 0.347 e. The summed E-state index contributed by atoms with van der Waals surface area (Å²) in [5.41, 5.74) is 12.8. The van der Waals surface area contributed by atoms with E-state index in [0.29, 0.717) is 0 Å². The molecule has 0 radical (unpaired) electrons. The predicted octanol–water partition coefficient (Wildman–Crippen LogP) is 11.6. The number of rotatable bonds is 10. The highest BCUT2D eigenvalue weighted by molar-refractivity contribution is 6.08. The molecule has 2 aliphatic rings. The lowest BCUT2D eigenvalue weighted by Gasteiger charge is -2.33. The highest BCUT2D eigenvalue weighted by atomic mass is 15.2. The molecule has 55 heavy (non-hydrogen) atoms. The van der Waals surface area contributed by atoms with Gasteiger partial charge in [-0.05, 0) is 77.1 Å². The minimum absolute atomic E-state index is 0.255. The normalized spacial score (nSPS) is 16.3. The lowest BCUT2D eigenvalue weighted by Crippen LogP contribution is -2.39. The molecule has 0 amide bonds. The summed E-state index contributed by atoms with van der Waals surface area (Å²) in [6, 6.07) is 66.8. The number of hydrogen-bond donors (Lipinski definition) is 0. The number of allylic oxidation sites excluding steroid dienone is 4. The Balaban J connectivity index is 1.24. The van der Waals surface area contributed by atoms with Crippen LogP contribution in [0.1, 0.15) is 33.4 Å². The van der Waals surface area contributed by atoms with Gasteiger partial charge in [-0.1, -0.05) is 176 Å². The standard InChI is InChI=1S/C53H47N2/c1-54-48-31-18-17-30-46(48)52(36-40-20-7-3-8-21-40,37-41-22-9-4-10-23-41)49(54)32-19-33-50-53(38-42-24-11-5-12-25-42,39-43-26-13-6-14-27-43)47-35-34-44-28-15-16-29-45(44)51(47)55(50)2/h3-35H,36-39H2,1-2H3/q+1. The molecule has 2 aliphatic heterocycles. The van der Waals surface area contributed by atoms with Crippen LogP contribution in [0.5, 0.6) is 0 Å². The maximum atomic E-state index is 2.49. The van der Waals surface area contributed by atoms with E-state index in [1.165, 1.54) is 66.9 Å². The number of para-hydroxylation sites is 1. The molecule has 2 nitrogen and oxygen atoms in total. The molecule has 7 aromatic rings. The number of nitrogens with zero attached hydrogens (tertiary/aromatic N) is 2. The van der Waals surface area contributed by atoms with Gasteiger partial charge < -0.3 is 4.90 Å². The van der Waals surface area contributed by atoms with Gasteiger partial charge in [0, 0.05) is 35.5 Å². The van der Waals surface area contributed by atoms with Gasteiger partial charge in [-0.3, -0.25) is 0 Å². The maximum absolute atomic E-state index is 2.49. The molecule has 268 valence electrons. The van der Waals surface area contributed by atoms with E-state index in [1.807, 2.05) is 0 Å². The summed E-state index contributed by atoms with van der Waals surface area (Å²) in [7, 11) is 4.53. The average molecular weight is 712 g/mol. The van der Waals surface area contributed by atoms with Crippen molar-refractivity contribution in [3.05, 3.63) is 239 Å². The summed E-state index contributed by atoms with van der Waals surface area (Å²) in [6.45, 7) is 0. The van der Waals surface area contributed by atoms with E-state index in [-0.39, 0.29) is 10.8 Å². The van der Waals surface area contributed by atoms with Gasteiger partial charge in [-0.15, -0.1) is 0 Å². The van der Waals surface area contributed by atoms with Crippen molar-refractivity contribution in [1.29, 1.82) is 0 Å². The Morgan fingerprint density at radius 2 is 0.964 bits per heavy atom. The van der Waals surface area contributed by atoms with Gasteiger partial charge in [0.25, 0.3) is 0 Å². The first kappa shape index (κ1) is 34.5. The Hall–Kier alpha value is -6.25. The Morgan fingerprint density at radius 3 is 1.53 bits per heavy atom. The molecule has 2 heteroatoms. The number of anilines is 1. The zero-order valence-corrected chi connectivity index (χ0v) is 31.8. The molecule has 9 rings (SSSR count). The van der Waals surface area contributed by atoms with Crippen LogP contribution in [-0.2, 0) is 36.5 Å². The molecule has 0 saturated heterocycles. The fraction of sp³-hybridized carbons (Fsp3) is 0.151. The molecular weight excluding hydrogens is 665 g/mol. The first-order chi connectivity index (χ1) is 27.1. The molecular formula is C53H47N2+. The third-order valence-electron chi connectivity index (χ3n) is 12.1. The predicted molar refractivity (Wildman–Crippen MR) is 231 cm³/mol. The van der Waals surface area contributed by atoms with Crippen molar-refractivity contribution in [2.75, 3.05) is 19.0 Å². The zero-order chi connectivity index (χ0) is 37.2. The van der Waals surface area contributed by atoms with Crippen molar-refractivity contribution in [1.82, 2.24) is 0 Å². The van der Waals surface area contributed by atoms with E-state index in [0.717, 1.165) is 25.7 Å². The van der Waals surface area contributed by atoms with Gasteiger partial charge in [0.2, 0.25) is 5.69 Å². The maximum Gasteiger partial charge on any atom is 0.217 e. The van der Waals surface area contributed by atoms with Gasteiger partial charge in [0.1, 0.15) is 7.05 Å². The monoisotopic (exact) mass is 711 g/mol. The number of benzene rings is 7. The smallest absolute Gasteiger partial charge is 0.217 e. The molecule has 0 atom stereocenters. The second-order valence-corrected chi connectivity index (χ2v) is 15.4. The van der Waals surface area contributed by atoms with Crippen LogP contribution in [0.4, 0.5) is 11.4 Å². The SMILES string of the molecule is CN1/C(=C/C=C/C2=[N+](C)c3c(ccc4ccccc34)C2(Cc2ccccc2)Cc2ccccc2)C(Cc2ccccc2)(Cc2ccccc2)c2ccccc21. The fourth-order valence-electron chi connectivity index (χ4n) is 9.76. The average Bonchev–Trinajstić information content (AvgIpc) is 3.59. The van der Waals surface area contributed by atoms with Crippen molar-refractivity contribution in [2.45, 2.75) is 36.5 Å². The van der Waals surface area contributed by atoms with Crippen molar-refractivity contribution in [2.24, 2.45) is 0 Å². The Morgan fingerprint density at radius 1 is 0.491 bits per heavy atom. The number of likely N-dealkylation sites (N-methyl/N-ethyl adjacent to an activating group) is 1. The summed E-state index contributed by atoms with van der Waals surface area (Å²) in [5, 5.41) is 2.57. The van der Waals surface area contributed by atoms with Crippen molar-refractivity contribution < 1.29 is 4.58 Å². The zero-order valence-electron chi connectivity index (χ0n) is 31.8. The van der Waals surface area contributed by atoms with E-state index in [4.69, 9.17) is 0 Å². The molecule has 0 N–H and O–H groups in total. The van der Waals surface area contributed by atoms with E-state index in [1.54, 1.807) is 0 Å². The fourth-order valence-corrected chi connectivity index (χ4v) is 9.76. The second kappa shape index (κ2) is 14.5. The van der Waals surface area contributed by atoms with Crippen molar-refractivity contribution >= 4 is 27.9 Å². The Bertz CT molecular complexity index is 2460. The molecule has 0 spiro atoms. The van der Waals surface area contributed by atoms with Gasteiger partial charge in [-0.25, -0.2) is 0 Å². The molecule has 0 unspecified atom stereocenters. The third kappa shape index (κ3) is 6.22. The van der Waals surface area contributed by atoms with Crippen LogP contribution in [0.2, 0.25) is 0 Å². The van der Waals surface area contributed by atoms with Gasteiger partial charge in [-0.2, -0.15) is 4.58 Å². The van der Waals surface area contributed by atoms with Crippen LogP contribution in [-0.4, -0.2) is 24.4 Å². The lowest BCUT2D eigenvalue weighted by atomic mass is 9.68. The highest BCUT2D eigenvalue weighted by Crippen LogP contribution is 2.52. The Labute approximate surface area is 326 Å². The lowest BCUT2D eigenvalue weighted by molar-refractivity contribution is -0.400. The topological polar surface area (TPSA) is 6.25 Å². The molecule has 0 saturated carbocycles.